The lowest BCUT2D eigenvalue weighted by Crippen LogP contribution is -2.23. The highest BCUT2D eigenvalue weighted by atomic mass is 16.5. The fourth-order valence-corrected chi connectivity index (χ4v) is 1.63. The van der Waals surface area contributed by atoms with Gasteiger partial charge in [0, 0.05) is 0 Å². The summed E-state index contributed by atoms with van der Waals surface area (Å²) >= 11 is 0. The molecule has 0 amide bonds. The number of carboxylic acid groups (broad SMARTS) is 1. The van der Waals surface area contributed by atoms with Gasteiger partial charge in [-0.25, -0.2) is 4.79 Å². The van der Waals surface area contributed by atoms with Crippen molar-refractivity contribution in [3.8, 4) is 5.75 Å². The molecule has 92 valence electrons. The Morgan fingerprint density at radius 2 is 2.18 bits per heavy atom. The van der Waals surface area contributed by atoms with Crippen LogP contribution in [0.15, 0.2) is 24.3 Å². The summed E-state index contributed by atoms with van der Waals surface area (Å²) in [6, 6.07) is 6.48. The molecule has 4 heteroatoms. The van der Waals surface area contributed by atoms with Crippen LogP contribution in [-0.4, -0.2) is 30.4 Å². The highest BCUT2D eigenvalue weighted by molar-refractivity contribution is 5.87. The van der Waals surface area contributed by atoms with Gasteiger partial charge < -0.3 is 14.6 Å². The predicted molar refractivity (Wildman–Crippen MR) is 62.5 cm³/mol. The van der Waals surface area contributed by atoms with Crippen LogP contribution in [0, 0.1) is 0 Å². The van der Waals surface area contributed by atoms with Crippen molar-refractivity contribution in [2.75, 3.05) is 13.2 Å². The molecule has 1 aliphatic carbocycles. The molecule has 1 aromatic rings. The van der Waals surface area contributed by atoms with Crippen LogP contribution in [0.2, 0.25) is 0 Å². The molecule has 0 heterocycles. The largest absolute Gasteiger partial charge is 0.491 e. The van der Waals surface area contributed by atoms with Gasteiger partial charge in [0.1, 0.15) is 12.4 Å². The zero-order chi connectivity index (χ0) is 12.1. The van der Waals surface area contributed by atoms with E-state index >= 15 is 0 Å². The van der Waals surface area contributed by atoms with Crippen LogP contribution in [-0.2, 0) is 4.74 Å². The molecule has 17 heavy (non-hydrogen) atoms. The molecule has 0 aromatic heterocycles. The highest BCUT2D eigenvalue weighted by Crippen LogP contribution is 2.21. The fourth-order valence-electron chi connectivity index (χ4n) is 1.63. The summed E-state index contributed by atoms with van der Waals surface area (Å²) in [5.74, 6) is -0.372. The van der Waals surface area contributed by atoms with Gasteiger partial charge in [0.2, 0.25) is 0 Å². The topological polar surface area (TPSA) is 55.8 Å². The molecule has 0 radical (unpaired) electrons. The van der Waals surface area contributed by atoms with Crippen molar-refractivity contribution < 1.29 is 19.4 Å². The van der Waals surface area contributed by atoms with Gasteiger partial charge in [0.25, 0.3) is 0 Å². The average Bonchev–Trinajstić information content (AvgIpc) is 2.27. The Kier molecular flexibility index (Phi) is 3.98. The van der Waals surface area contributed by atoms with Gasteiger partial charge in [0.15, 0.2) is 0 Å². The van der Waals surface area contributed by atoms with Gasteiger partial charge in [-0.2, -0.15) is 0 Å². The lowest BCUT2D eigenvalue weighted by molar-refractivity contribution is -0.0103. The van der Waals surface area contributed by atoms with E-state index < -0.39 is 5.97 Å². The van der Waals surface area contributed by atoms with Crippen molar-refractivity contribution in [2.45, 2.75) is 25.4 Å². The van der Waals surface area contributed by atoms with Gasteiger partial charge >= 0.3 is 5.97 Å². The summed E-state index contributed by atoms with van der Waals surface area (Å²) in [5, 5.41) is 8.81. The second-order valence-electron chi connectivity index (χ2n) is 4.11. The van der Waals surface area contributed by atoms with Crippen molar-refractivity contribution in [3.05, 3.63) is 29.8 Å². The van der Waals surface area contributed by atoms with E-state index in [1.807, 2.05) is 0 Å². The molecule has 1 N–H and O–H groups in total. The third kappa shape index (κ3) is 3.46. The van der Waals surface area contributed by atoms with Crippen molar-refractivity contribution >= 4 is 5.97 Å². The van der Waals surface area contributed by atoms with E-state index in [0.717, 1.165) is 12.8 Å². The van der Waals surface area contributed by atoms with Gasteiger partial charge in [-0.3, -0.25) is 0 Å². The molecule has 0 atom stereocenters. The lowest BCUT2D eigenvalue weighted by Gasteiger charge is -2.25. The number of carbonyl (C=O) groups is 1. The van der Waals surface area contributed by atoms with Crippen LogP contribution in [0.1, 0.15) is 29.6 Å². The van der Waals surface area contributed by atoms with Gasteiger partial charge in [-0.15, -0.1) is 0 Å². The second-order valence-corrected chi connectivity index (χ2v) is 4.11. The molecule has 1 aliphatic rings. The first-order valence-electron chi connectivity index (χ1n) is 5.83. The van der Waals surface area contributed by atoms with Crippen molar-refractivity contribution in [2.24, 2.45) is 0 Å². The summed E-state index contributed by atoms with van der Waals surface area (Å²) in [7, 11) is 0. The first-order chi connectivity index (χ1) is 8.25. The number of benzene rings is 1. The Bertz CT molecular complexity index is 385. The van der Waals surface area contributed by atoms with Crippen LogP contribution < -0.4 is 4.74 Å². The molecule has 2 rings (SSSR count). The van der Waals surface area contributed by atoms with E-state index in [-0.39, 0.29) is 5.56 Å². The minimum atomic E-state index is -0.943. The third-order valence-corrected chi connectivity index (χ3v) is 2.84. The zero-order valence-electron chi connectivity index (χ0n) is 9.59. The van der Waals surface area contributed by atoms with E-state index in [9.17, 15) is 4.79 Å². The van der Waals surface area contributed by atoms with Crippen LogP contribution in [0.3, 0.4) is 0 Å². The average molecular weight is 236 g/mol. The van der Waals surface area contributed by atoms with Crippen LogP contribution in [0.5, 0.6) is 5.75 Å². The van der Waals surface area contributed by atoms with Crippen LogP contribution in [0.4, 0.5) is 0 Å². The van der Waals surface area contributed by atoms with Gasteiger partial charge in [-0.05, 0) is 37.5 Å². The van der Waals surface area contributed by atoms with Gasteiger partial charge in [-0.1, -0.05) is 6.07 Å². The molecule has 1 aromatic carbocycles. The highest BCUT2D eigenvalue weighted by Gasteiger charge is 2.17. The molecule has 1 saturated carbocycles. The SMILES string of the molecule is O=C(O)c1cccc(OCCOC2CCC2)c1. The van der Waals surface area contributed by atoms with Crippen molar-refractivity contribution in [1.82, 2.24) is 0 Å². The molecule has 0 aliphatic heterocycles. The summed E-state index contributed by atoms with van der Waals surface area (Å²) in [4.78, 5) is 10.7. The maximum atomic E-state index is 10.7. The summed E-state index contributed by atoms with van der Waals surface area (Å²) in [5.41, 5.74) is 0.238. The van der Waals surface area contributed by atoms with Crippen molar-refractivity contribution in [1.29, 1.82) is 0 Å². The smallest absolute Gasteiger partial charge is 0.335 e. The molecule has 4 nitrogen and oxygen atoms in total. The number of carboxylic acids is 1. The molecule has 0 bridgehead atoms. The Morgan fingerprint density at radius 1 is 1.35 bits per heavy atom. The van der Waals surface area contributed by atoms with Crippen LogP contribution in [0.25, 0.3) is 0 Å². The number of rotatable bonds is 6. The molecular weight excluding hydrogens is 220 g/mol. The Hall–Kier alpha value is -1.55. The van der Waals surface area contributed by atoms with Crippen molar-refractivity contribution in [3.63, 3.8) is 0 Å². The molecule has 0 saturated heterocycles. The summed E-state index contributed by atoms with van der Waals surface area (Å²) < 4.78 is 11.0. The molecular formula is C13H16O4. The third-order valence-electron chi connectivity index (χ3n) is 2.84. The Morgan fingerprint density at radius 3 is 2.82 bits per heavy atom. The lowest BCUT2D eigenvalue weighted by atomic mass is 9.96. The van der Waals surface area contributed by atoms with E-state index in [2.05, 4.69) is 0 Å². The fraction of sp³-hybridized carbons (Fsp3) is 0.462. The van der Waals surface area contributed by atoms with Crippen LogP contribution >= 0.6 is 0 Å². The number of hydrogen-bond acceptors (Lipinski definition) is 3. The maximum absolute atomic E-state index is 10.7. The minimum absolute atomic E-state index is 0.238. The monoisotopic (exact) mass is 236 g/mol. The molecule has 1 fully saturated rings. The first kappa shape index (κ1) is 11.9. The molecule has 0 spiro atoms. The number of ether oxygens (including phenoxy) is 2. The second kappa shape index (κ2) is 5.68. The zero-order valence-corrected chi connectivity index (χ0v) is 9.59. The maximum Gasteiger partial charge on any atom is 0.335 e. The van der Waals surface area contributed by atoms with E-state index in [1.165, 1.54) is 12.5 Å². The van der Waals surface area contributed by atoms with E-state index in [1.54, 1.807) is 18.2 Å². The number of aromatic carboxylic acids is 1. The van der Waals surface area contributed by atoms with Gasteiger partial charge in [0.05, 0.1) is 18.3 Å². The standard InChI is InChI=1S/C13H16O4/c14-13(15)10-3-1-6-12(9-10)17-8-7-16-11-4-2-5-11/h1,3,6,9,11H,2,4-5,7-8H2,(H,14,15). The van der Waals surface area contributed by atoms with E-state index in [0.29, 0.717) is 25.1 Å². The Labute approximate surface area is 100 Å². The normalized spacial score (nSPS) is 15.3. The predicted octanol–water partition coefficient (Wildman–Crippen LogP) is 2.33. The van der Waals surface area contributed by atoms with E-state index in [4.69, 9.17) is 14.6 Å². The quantitative estimate of drug-likeness (QED) is 0.770. The minimum Gasteiger partial charge on any atom is -0.491 e. The number of hydrogen-bond donors (Lipinski definition) is 1. The first-order valence-corrected chi connectivity index (χ1v) is 5.83. The Balaban J connectivity index is 1.73. The molecule has 0 unspecified atom stereocenters. The summed E-state index contributed by atoms with van der Waals surface area (Å²) in [6.07, 6.45) is 3.96. The summed E-state index contributed by atoms with van der Waals surface area (Å²) in [6.45, 7) is 1.02.